The zero-order chi connectivity index (χ0) is 17.5. The summed E-state index contributed by atoms with van der Waals surface area (Å²) in [4.78, 5) is 24.3. The van der Waals surface area contributed by atoms with Gasteiger partial charge in [-0.05, 0) is 18.2 Å². The Kier molecular flexibility index (Phi) is 6.08. The number of anilines is 1. The molecule has 0 heterocycles. The lowest BCUT2D eigenvalue weighted by atomic mass is 10.1. The van der Waals surface area contributed by atoms with Crippen LogP contribution in [0.15, 0.2) is 47.4 Å². The van der Waals surface area contributed by atoms with Gasteiger partial charge in [0.25, 0.3) is 0 Å². The standard InChI is InChI=1S/C17H17NO5S/c1-22-14-8-12(17(20)21)13(9-15(14)23-2)18-16(19)10-24-11-6-4-3-5-7-11/h3-9H,10H2,1-2H3,(H,18,19)(H,20,21)/p-1. The molecule has 0 spiro atoms. The molecule has 0 saturated carbocycles. The quantitative estimate of drug-likeness (QED) is 0.769. The van der Waals surface area contributed by atoms with E-state index in [0.29, 0.717) is 5.75 Å². The number of thioether (sulfide) groups is 1. The zero-order valence-corrected chi connectivity index (χ0v) is 14.0. The van der Waals surface area contributed by atoms with Gasteiger partial charge in [0.2, 0.25) is 5.91 Å². The van der Waals surface area contributed by atoms with E-state index in [2.05, 4.69) is 5.32 Å². The first kappa shape index (κ1) is 17.7. The van der Waals surface area contributed by atoms with Gasteiger partial charge in [-0.2, -0.15) is 0 Å². The molecule has 2 aromatic rings. The van der Waals surface area contributed by atoms with Crippen molar-refractivity contribution in [1.29, 1.82) is 0 Å². The molecule has 24 heavy (non-hydrogen) atoms. The fraction of sp³-hybridized carbons (Fsp3) is 0.176. The smallest absolute Gasteiger partial charge is 0.234 e. The summed E-state index contributed by atoms with van der Waals surface area (Å²) in [6, 6.07) is 12.1. The van der Waals surface area contributed by atoms with Gasteiger partial charge in [-0.15, -0.1) is 11.8 Å². The highest BCUT2D eigenvalue weighted by Gasteiger charge is 2.14. The highest BCUT2D eigenvalue weighted by molar-refractivity contribution is 8.00. The number of carbonyl (C=O) groups excluding carboxylic acids is 2. The Balaban J connectivity index is 2.15. The van der Waals surface area contributed by atoms with Crippen molar-refractivity contribution in [3.63, 3.8) is 0 Å². The summed E-state index contributed by atoms with van der Waals surface area (Å²) in [6.45, 7) is 0. The molecular formula is C17H16NO5S-. The predicted octanol–water partition coefficient (Wildman–Crippen LogP) is 1.80. The number of methoxy groups -OCH3 is 2. The lowest BCUT2D eigenvalue weighted by Crippen LogP contribution is -2.25. The molecule has 1 amide bonds. The minimum Gasteiger partial charge on any atom is -0.545 e. The lowest BCUT2D eigenvalue weighted by molar-refractivity contribution is -0.254. The Morgan fingerprint density at radius 3 is 2.29 bits per heavy atom. The van der Waals surface area contributed by atoms with Crippen LogP contribution in [0.4, 0.5) is 5.69 Å². The third kappa shape index (κ3) is 4.42. The molecule has 0 unspecified atom stereocenters. The van der Waals surface area contributed by atoms with E-state index < -0.39 is 5.97 Å². The molecule has 6 nitrogen and oxygen atoms in total. The molecule has 2 aromatic carbocycles. The Morgan fingerprint density at radius 1 is 1.08 bits per heavy atom. The molecule has 7 heteroatoms. The molecule has 0 bridgehead atoms. The number of carboxylic acid groups (broad SMARTS) is 1. The minimum atomic E-state index is -1.41. The Morgan fingerprint density at radius 2 is 1.71 bits per heavy atom. The van der Waals surface area contributed by atoms with Gasteiger partial charge in [-0.1, -0.05) is 18.2 Å². The van der Waals surface area contributed by atoms with Crippen LogP contribution in [-0.4, -0.2) is 31.8 Å². The van der Waals surface area contributed by atoms with E-state index in [-0.39, 0.29) is 28.7 Å². The number of amides is 1. The van der Waals surface area contributed by atoms with Crippen LogP contribution >= 0.6 is 11.8 Å². The molecule has 0 saturated heterocycles. The summed E-state index contributed by atoms with van der Waals surface area (Å²) in [7, 11) is 2.82. The first-order chi connectivity index (χ1) is 11.5. The fourth-order valence-corrected chi connectivity index (χ4v) is 2.72. The summed E-state index contributed by atoms with van der Waals surface area (Å²) in [5.41, 5.74) is -0.0722. The second kappa shape index (κ2) is 8.26. The van der Waals surface area contributed by atoms with Crippen LogP contribution in [0.1, 0.15) is 10.4 Å². The van der Waals surface area contributed by atoms with Crippen molar-refractivity contribution in [3.8, 4) is 11.5 Å². The maximum Gasteiger partial charge on any atom is 0.234 e. The fourth-order valence-electron chi connectivity index (χ4n) is 2.00. The van der Waals surface area contributed by atoms with Crippen molar-refractivity contribution in [1.82, 2.24) is 0 Å². The van der Waals surface area contributed by atoms with Crippen LogP contribution in [0.25, 0.3) is 0 Å². The molecule has 2 rings (SSSR count). The molecule has 0 aliphatic carbocycles. The second-order valence-electron chi connectivity index (χ2n) is 4.69. The number of carboxylic acids is 1. The number of nitrogens with one attached hydrogen (secondary N) is 1. The summed E-state index contributed by atoms with van der Waals surface area (Å²) in [6.07, 6.45) is 0. The van der Waals surface area contributed by atoms with Gasteiger partial charge in [0.15, 0.2) is 11.5 Å². The van der Waals surface area contributed by atoms with E-state index in [9.17, 15) is 14.7 Å². The van der Waals surface area contributed by atoms with Crippen molar-refractivity contribution in [2.75, 3.05) is 25.3 Å². The van der Waals surface area contributed by atoms with Crippen LogP contribution in [0, 0.1) is 0 Å². The van der Waals surface area contributed by atoms with Crippen molar-refractivity contribution in [3.05, 3.63) is 48.0 Å². The number of hydrogen-bond acceptors (Lipinski definition) is 6. The second-order valence-corrected chi connectivity index (χ2v) is 5.74. The number of ether oxygens (including phenoxy) is 2. The van der Waals surface area contributed by atoms with E-state index in [1.165, 1.54) is 38.1 Å². The SMILES string of the molecule is COc1cc(NC(=O)CSc2ccccc2)c(C(=O)[O-])cc1OC. The average molecular weight is 346 g/mol. The van der Waals surface area contributed by atoms with Crippen molar-refractivity contribution in [2.45, 2.75) is 4.90 Å². The molecule has 0 atom stereocenters. The summed E-state index contributed by atoms with van der Waals surface area (Å²) < 4.78 is 10.2. The van der Waals surface area contributed by atoms with Crippen LogP contribution < -0.4 is 19.9 Å². The molecule has 1 N–H and O–H groups in total. The van der Waals surface area contributed by atoms with Crippen molar-refractivity contribution >= 4 is 29.3 Å². The number of hydrogen-bond donors (Lipinski definition) is 1. The first-order valence-corrected chi connectivity index (χ1v) is 7.98. The molecule has 0 aromatic heterocycles. The molecule has 0 aliphatic rings. The molecular weight excluding hydrogens is 330 g/mol. The van der Waals surface area contributed by atoms with Gasteiger partial charge in [0, 0.05) is 16.5 Å². The number of benzene rings is 2. The van der Waals surface area contributed by atoms with Crippen molar-refractivity contribution in [2.24, 2.45) is 0 Å². The molecule has 0 aliphatic heterocycles. The van der Waals surface area contributed by atoms with Gasteiger partial charge in [0.1, 0.15) is 0 Å². The Hall–Kier alpha value is -2.67. The monoisotopic (exact) mass is 346 g/mol. The maximum absolute atomic E-state index is 12.1. The summed E-state index contributed by atoms with van der Waals surface area (Å²) in [5.74, 6) is -1.05. The van der Waals surface area contributed by atoms with E-state index in [4.69, 9.17) is 9.47 Å². The van der Waals surface area contributed by atoms with Gasteiger partial charge >= 0.3 is 0 Å². The number of carbonyl (C=O) groups is 2. The molecule has 0 fully saturated rings. The normalized spacial score (nSPS) is 10.1. The number of rotatable bonds is 7. The Labute approximate surface area is 143 Å². The zero-order valence-electron chi connectivity index (χ0n) is 13.2. The van der Waals surface area contributed by atoms with Crippen LogP contribution in [0.2, 0.25) is 0 Å². The van der Waals surface area contributed by atoms with Crippen molar-refractivity contribution < 1.29 is 24.2 Å². The Bertz CT molecular complexity index is 733. The third-order valence-corrected chi connectivity index (χ3v) is 4.14. The van der Waals surface area contributed by atoms with E-state index in [1.54, 1.807) is 0 Å². The first-order valence-electron chi connectivity index (χ1n) is 7.00. The largest absolute Gasteiger partial charge is 0.545 e. The van der Waals surface area contributed by atoms with Gasteiger partial charge in [0.05, 0.1) is 31.6 Å². The van der Waals surface area contributed by atoms with E-state index >= 15 is 0 Å². The van der Waals surface area contributed by atoms with E-state index in [1.807, 2.05) is 30.3 Å². The van der Waals surface area contributed by atoms with Gasteiger partial charge in [-0.25, -0.2) is 0 Å². The maximum atomic E-state index is 12.1. The van der Waals surface area contributed by atoms with Gasteiger partial charge in [-0.3, -0.25) is 4.79 Å². The van der Waals surface area contributed by atoms with E-state index in [0.717, 1.165) is 4.90 Å². The van der Waals surface area contributed by atoms with Gasteiger partial charge < -0.3 is 24.7 Å². The lowest BCUT2D eigenvalue weighted by Gasteiger charge is -2.16. The third-order valence-electron chi connectivity index (χ3n) is 3.13. The molecule has 0 radical (unpaired) electrons. The minimum absolute atomic E-state index is 0.103. The average Bonchev–Trinajstić information content (AvgIpc) is 2.60. The summed E-state index contributed by atoms with van der Waals surface area (Å²) >= 11 is 1.35. The highest BCUT2D eigenvalue weighted by atomic mass is 32.2. The molecule has 126 valence electrons. The summed E-state index contributed by atoms with van der Waals surface area (Å²) in [5, 5.41) is 13.9. The predicted molar refractivity (Wildman–Crippen MR) is 89.7 cm³/mol. The topological polar surface area (TPSA) is 87.7 Å². The number of aromatic carboxylic acids is 1. The highest BCUT2D eigenvalue weighted by Crippen LogP contribution is 2.33. The van der Waals surface area contributed by atoms with Crippen LogP contribution in [0.3, 0.4) is 0 Å². The van der Waals surface area contributed by atoms with Crippen LogP contribution in [-0.2, 0) is 4.79 Å². The van der Waals surface area contributed by atoms with Crippen LogP contribution in [0.5, 0.6) is 11.5 Å².